The molecule has 0 aliphatic heterocycles. The van der Waals surface area contributed by atoms with Gasteiger partial charge < -0.3 is 10.6 Å². The van der Waals surface area contributed by atoms with Gasteiger partial charge in [0.05, 0.1) is 6.04 Å². The topological polar surface area (TPSA) is 50.4 Å². The van der Waals surface area contributed by atoms with E-state index in [0.29, 0.717) is 17.0 Å². The predicted molar refractivity (Wildman–Crippen MR) is 196 cm³/mol. The zero-order chi connectivity index (χ0) is 36.2. The molecule has 9 heteroatoms. The summed E-state index contributed by atoms with van der Waals surface area (Å²) in [6.07, 6.45) is 7.50. The van der Waals surface area contributed by atoms with E-state index >= 15 is 0 Å². The molecule has 0 aliphatic rings. The Morgan fingerprint density at radius 1 is 1.02 bits per heavy atom. The zero-order valence-electron chi connectivity index (χ0n) is 29.2. The lowest BCUT2D eigenvalue weighted by molar-refractivity contribution is -0.0182. The van der Waals surface area contributed by atoms with Crippen LogP contribution >= 0.6 is 23.8 Å². The number of hydrogen-bond donors (Lipinski definition) is 2. The third kappa shape index (κ3) is 23.0. The molecule has 2 N–H and O–H groups in total. The minimum atomic E-state index is -0.323. The lowest BCUT2D eigenvalue weighted by Crippen LogP contribution is -2.28. The number of alkyl halides is 1. The van der Waals surface area contributed by atoms with E-state index in [1.807, 2.05) is 47.6 Å². The Bertz CT molecular complexity index is 1220. The first kappa shape index (κ1) is 47.1. The summed E-state index contributed by atoms with van der Waals surface area (Å²) < 4.78 is 38.1. The van der Waals surface area contributed by atoms with Gasteiger partial charge in [-0.05, 0) is 87.7 Å². The summed E-state index contributed by atoms with van der Waals surface area (Å²) in [6, 6.07) is 12.1. The standard InChI is InChI=1S/C19H19F2NO2S.C9H15F.C6H11N.C2H6.CH3Cl/c1-2-3-7-17(13-8-10-16(20)11-9-13)22-18(23)14-5-4-6-15(12-14)19(25)24-21;1-5-9(10)8(4)6-7(2)3;1-5(2)7-6(3)4;2*1-2/h4-6,8-12,17H,2-3,7H2,1H3,(H,22,23);5-7H,1-4H3;7H,1,3H2,2,4H3;1-2H3;1H3/b;8-6-,9-5+;;;. The average Bonchev–Trinajstić information content (AvgIpc) is 3.04. The molecular weight excluding hydrogens is 629 g/mol. The van der Waals surface area contributed by atoms with Crippen molar-refractivity contribution in [1.82, 2.24) is 10.6 Å². The molecule has 2 aromatic carbocycles. The minimum absolute atomic E-state index is 0.117. The Labute approximate surface area is 286 Å². The number of amides is 1. The van der Waals surface area contributed by atoms with Crippen LogP contribution in [-0.2, 0) is 4.94 Å². The van der Waals surface area contributed by atoms with Crippen molar-refractivity contribution in [2.24, 2.45) is 5.92 Å². The summed E-state index contributed by atoms with van der Waals surface area (Å²) in [5.74, 6) is -0.329. The van der Waals surface area contributed by atoms with Crippen molar-refractivity contribution in [2.45, 2.75) is 87.6 Å². The lowest BCUT2D eigenvalue weighted by atomic mass is 10.0. The predicted octanol–water partition coefficient (Wildman–Crippen LogP) is 12.0. The van der Waals surface area contributed by atoms with Crippen LogP contribution < -0.4 is 10.6 Å². The highest BCUT2D eigenvalue weighted by molar-refractivity contribution is 7.80. The first-order chi connectivity index (χ1) is 21.7. The van der Waals surface area contributed by atoms with E-state index in [2.05, 4.69) is 47.3 Å². The molecule has 1 atom stereocenters. The van der Waals surface area contributed by atoms with Crippen molar-refractivity contribution < 1.29 is 23.0 Å². The highest BCUT2D eigenvalue weighted by Gasteiger charge is 2.17. The number of unbranched alkanes of at least 4 members (excludes halogenated alkanes) is 1. The Hall–Kier alpha value is -3.36. The number of rotatable bonds is 11. The number of halogens is 4. The van der Waals surface area contributed by atoms with Gasteiger partial charge in [0, 0.05) is 33.4 Å². The molecule has 0 radical (unpaired) electrons. The maximum Gasteiger partial charge on any atom is 0.251 e. The smallest absolute Gasteiger partial charge is 0.251 e. The third-order valence-corrected chi connectivity index (χ3v) is 5.79. The number of nitrogens with one attached hydrogen (secondary N) is 2. The van der Waals surface area contributed by atoms with Crippen molar-refractivity contribution >= 4 is 34.8 Å². The van der Waals surface area contributed by atoms with Crippen molar-refractivity contribution in [2.75, 3.05) is 6.38 Å². The molecule has 0 heterocycles. The number of thiocarbonyl (C=S) groups is 1. The van der Waals surface area contributed by atoms with Crippen LogP contribution in [0.2, 0.25) is 0 Å². The van der Waals surface area contributed by atoms with E-state index in [0.717, 1.165) is 41.8 Å². The van der Waals surface area contributed by atoms with Crippen LogP contribution in [0.15, 0.2) is 96.6 Å². The largest absolute Gasteiger partial charge is 0.364 e. The summed E-state index contributed by atoms with van der Waals surface area (Å²) in [7, 11) is 0. The summed E-state index contributed by atoms with van der Waals surface area (Å²) in [6.45, 7) is 24.7. The lowest BCUT2D eigenvalue weighted by Gasteiger charge is -2.19. The quantitative estimate of drug-likeness (QED) is 0.141. The fraction of sp³-hybridized carbons (Fsp3) is 0.405. The number of carbonyl (C=O) groups excluding carboxylic acids is 1. The summed E-state index contributed by atoms with van der Waals surface area (Å²) in [5, 5.41) is 5.54. The van der Waals surface area contributed by atoms with E-state index < -0.39 is 0 Å². The van der Waals surface area contributed by atoms with Gasteiger partial charge in [0.2, 0.25) is 5.05 Å². The van der Waals surface area contributed by atoms with Gasteiger partial charge in [0.25, 0.3) is 5.91 Å². The van der Waals surface area contributed by atoms with E-state index in [1.54, 1.807) is 44.2 Å². The van der Waals surface area contributed by atoms with Gasteiger partial charge in [-0.1, -0.05) is 97.0 Å². The van der Waals surface area contributed by atoms with Crippen molar-refractivity contribution in [3.05, 3.63) is 119 Å². The highest BCUT2D eigenvalue weighted by Crippen LogP contribution is 2.21. The molecule has 1 amide bonds. The number of carbonyl (C=O) groups is 1. The molecule has 1 unspecified atom stereocenters. The van der Waals surface area contributed by atoms with E-state index in [1.165, 1.54) is 30.7 Å². The van der Waals surface area contributed by atoms with E-state index in [4.69, 9.17) is 12.2 Å². The fourth-order valence-corrected chi connectivity index (χ4v) is 3.80. The highest BCUT2D eigenvalue weighted by atomic mass is 35.5. The molecule has 2 rings (SSSR count). The van der Waals surface area contributed by atoms with Crippen LogP contribution in [-0.4, -0.2) is 17.3 Å². The van der Waals surface area contributed by atoms with Gasteiger partial charge in [-0.3, -0.25) is 9.74 Å². The second kappa shape index (κ2) is 29.1. The summed E-state index contributed by atoms with van der Waals surface area (Å²) >= 11 is 9.38. The maximum atomic E-state index is 13.1. The normalized spacial score (nSPS) is 10.9. The van der Waals surface area contributed by atoms with Crippen molar-refractivity contribution in [3.63, 3.8) is 0 Å². The Balaban J connectivity index is -0.000000726. The second-order valence-electron chi connectivity index (χ2n) is 10.1. The second-order valence-corrected chi connectivity index (χ2v) is 10.5. The molecule has 0 spiro atoms. The molecule has 0 aromatic heterocycles. The van der Waals surface area contributed by atoms with Gasteiger partial charge in [-0.15, -0.1) is 11.6 Å². The molecule has 258 valence electrons. The Morgan fingerprint density at radius 3 is 1.96 bits per heavy atom. The summed E-state index contributed by atoms with van der Waals surface area (Å²) in [5.41, 5.74) is 4.11. The Morgan fingerprint density at radius 2 is 1.54 bits per heavy atom. The number of hydrogen-bond acceptors (Lipinski definition) is 4. The molecule has 0 aliphatic carbocycles. The van der Waals surface area contributed by atoms with Crippen molar-refractivity contribution in [3.8, 4) is 0 Å². The van der Waals surface area contributed by atoms with Gasteiger partial charge in [-0.2, -0.15) is 0 Å². The molecule has 4 nitrogen and oxygen atoms in total. The van der Waals surface area contributed by atoms with Gasteiger partial charge in [0.15, 0.2) is 0 Å². The molecule has 0 saturated carbocycles. The minimum Gasteiger partial charge on any atom is -0.364 e. The maximum absolute atomic E-state index is 13.1. The fourth-order valence-electron chi connectivity index (χ4n) is 3.67. The number of benzene rings is 2. The first-order valence-electron chi connectivity index (χ1n) is 15.2. The Kier molecular flexibility index (Phi) is 29.7. The molecule has 2 aromatic rings. The monoisotopic (exact) mass is 682 g/mol. The molecular formula is C37H54ClF3N2O2S. The third-order valence-electron chi connectivity index (χ3n) is 5.49. The van der Waals surface area contributed by atoms with Gasteiger partial charge in [0.1, 0.15) is 11.6 Å². The van der Waals surface area contributed by atoms with Crippen LogP contribution in [0, 0.1) is 11.7 Å². The van der Waals surface area contributed by atoms with Crippen LogP contribution in [0.25, 0.3) is 0 Å². The SMILES string of the molecule is C/C=C(F)\C(C)=C/C(C)C.C=C(C)NC(=C)C.CC.CCCCC(NC(=O)c1cccc(C(=S)OF)c1)c1ccc(F)cc1.CCl. The van der Waals surface area contributed by atoms with Crippen LogP contribution in [0.5, 0.6) is 0 Å². The van der Waals surface area contributed by atoms with Crippen LogP contribution in [0.3, 0.4) is 0 Å². The number of allylic oxidation sites excluding steroid dienone is 6. The van der Waals surface area contributed by atoms with Crippen molar-refractivity contribution in [1.29, 1.82) is 0 Å². The molecule has 46 heavy (non-hydrogen) atoms. The van der Waals surface area contributed by atoms with E-state index in [-0.39, 0.29) is 28.6 Å². The van der Waals surface area contributed by atoms with Crippen LogP contribution in [0.1, 0.15) is 109 Å². The summed E-state index contributed by atoms with van der Waals surface area (Å²) in [4.78, 5) is 16.1. The molecule has 0 bridgehead atoms. The van der Waals surface area contributed by atoms with Crippen LogP contribution in [0.4, 0.5) is 13.3 Å². The first-order valence-corrected chi connectivity index (χ1v) is 16.4. The van der Waals surface area contributed by atoms with Gasteiger partial charge >= 0.3 is 0 Å². The zero-order valence-corrected chi connectivity index (χ0v) is 30.8. The van der Waals surface area contributed by atoms with Gasteiger partial charge in [-0.25, -0.2) is 8.78 Å². The average molecular weight is 683 g/mol. The van der Waals surface area contributed by atoms with E-state index in [9.17, 15) is 18.1 Å². The molecule has 0 saturated heterocycles. The molecule has 0 fully saturated rings.